The lowest BCUT2D eigenvalue weighted by Crippen LogP contribution is -2.36. The lowest BCUT2D eigenvalue weighted by Gasteiger charge is -2.18. The summed E-state index contributed by atoms with van der Waals surface area (Å²) in [7, 11) is 0. The first-order valence-corrected chi connectivity index (χ1v) is 17.6. The van der Waals surface area contributed by atoms with Crippen LogP contribution in [0, 0.1) is 42.9 Å². The zero-order valence-electron chi connectivity index (χ0n) is 28.3. The second-order valence-corrected chi connectivity index (χ2v) is 14.3. The number of carbonyl (C=O) groups excluding carboxylic acids is 2. The van der Waals surface area contributed by atoms with Crippen molar-refractivity contribution in [2.45, 2.75) is 53.4 Å². The van der Waals surface area contributed by atoms with Crippen molar-refractivity contribution in [3.8, 4) is 5.69 Å². The largest absolute Gasteiger partial charge is 0.333 e. The number of rotatable bonds is 5. The lowest BCUT2D eigenvalue weighted by atomic mass is 10.0. The van der Waals surface area contributed by atoms with E-state index in [2.05, 4.69) is 52.1 Å². The Labute approximate surface area is 324 Å². The Morgan fingerprint density at radius 1 is 0.792 bits per heavy atom. The molecule has 0 bridgehead atoms. The van der Waals surface area contributed by atoms with Gasteiger partial charge in [0.2, 0.25) is 0 Å². The van der Waals surface area contributed by atoms with Crippen LogP contribution in [-0.4, -0.2) is 31.5 Å². The third kappa shape index (κ3) is 8.03. The molecule has 10 nitrogen and oxygen atoms in total. The maximum absolute atomic E-state index is 14.9. The van der Waals surface area contributed by atoms with Crippen LogP contribution in [-0.2, 0) is 0 Å². The van der Waals surface area contributed by atoms with E-state index in [9.17, 15) is 41.1 Å². The van der Waals surface area contributed by atoms with Crippen molar-refractivity contribution < 1.29 is 31.5 Å². The van der Waals surface area contributed by atoms with Crippen LogP contribution in [0.15, 0.2) is 43.1 Å². The van der Waals surface area contributed by atoms with Crippen LogP contribution in [0.25, 0.3) is 16.6 Å². The topological polar surface area (TPSA) is 139 Å². The number of urea groups is 1. The second kappa shape index (κ2) is 16.4. The molecule has 3 N–H and O–H groups in total. The zero-order chi connectivity index (χ0) is 39.8. The van der Waals surface area contributed by atoms with E-state index in [4.69, 9.17) is 23.2 Å². The number of imide groups is 1. The predicted octanol–water partition coefficient (Wildman–Crippen LogP) is 9.51. The van der Waals surface area contributed by atoms with Gasteiger partial charge in [0, 0.05) is 12.4 Å². The molecule has 0 saturated heterocycles. The Hall–Kier alpha value is -4.19. The maximum atomic E-state index is 14.9. The summed E-state index contributed by atoms with van der Waals surface area (Å²) in [5.74, 6) is -8.54. The summed E-state index contributed by atoms with van der Waals surface area (Å²) in [6.45, 7) is 10.9. The van der Waals surface area contributed by atoms with E-state index < -0.39 is 77.9 Å². The summed E-state index contributed by atoms with van der Waals surface area (Å²) >= 11 is 16.6. The Kier molecular flexibility index (Phi) is 12.9. The average Bonchev–Trinajstić information content (AvgIpc) is 3.09. The first-order chi connectivity index (χ1) is 24.7. The van der Waals surface area contributed by atoms with Crippen LogP contribution in [0.1, 0.15) is 72.4 Å². The first kappa shape index (κ1) is 41.6. The SMILES string of the molecule is Cc1ccnc(C(C)C)c1-n1c(=O)[nH]c(=O)c2c(Br)c(F)c(Cl)c(F)c21.Cc1ccnc(C(C)C)c1NC(=O)NC(=O)c1c(F)c(F)c(Cl)c(F)c1Br. The number of benzene rings is 2. The normalized spacial score (nSPS) is 11.2. The summed E-state index contributed by atoms with van der Waals surface area (Å²) in [4.78, 5) is 59.7. The molecule has 0 fully saturated rings. The number of hydrogen-bond donors (Lipinski definition) is 3. The Morgan fingerprint density at radius 2 is 1.32 bits per heavy atom. The molecule has 53 heavy (non-hydrogen) atoms. The minimum atomic E-state index is -1.73. The Bertz CT molecular complexity index is 2410. The van der Waals surface area contributed by atoms with Crippen molar-refractivity contribution in [1.29, 1.82) is 0 Å². The molecule has 2 aromatic carbocycles. The van der Waals surface area contributed by atoms with Crippen molar-refractivity contribution in [3.63, 3.8) is 0 Å². The molecule has 0 saturated carbocycles. The minimum absolute atomic E-state index is 0.0260. The molecule has 0 unspecified atom stereocenters. The Balaban J connectivity index is 0.000000237. The molecular formula is C34H27Br2Cl2F5N6O4. The fraction of sp³-hybridized carbons (Fsp3) is 0.235. The highest BCUT2D eigenvalue weighted by Gasteiger charge is 2.29. The van der Waals surface area contributed by atoms with Crippen LogP contribution < -0.4 is 21.9 Å². The van der Waals surface area contributed by atoms with E-state index in [1.165, 1.54) is 0 Å². The van der Waals surface area contributed by atoms with E-state index in [0.717, 1.165) is 4.57 Å². The number of pyridine rings is 2. The van der Waals surface area contributed by atoms with Gasteiger partial charge in [-0.05, 0) is 80.8 Å². The van der Waals surface area contributed by atoms with Gasteiger partial charge in [-0.2, -0.15) is 0 Å². The van der Waals surface area contributed by atoms with Gasteiger partial charge in [0.1, 0.15) is 15.6 Å². The molecule has 0 aliphatic rings. The van der Waals surface area contributed by atoms with E-state index in [0.29, 0.717) is 33.9 Å². The van der Waals surface area contributed by atoms with Gasteiger partial charge in [-0.15, -0.1) is 0 Å². The number of carbonyl (C=O) groups is 2. The number of anilines is 1. The second-order valence-electron chi connectivity index (χ2n) is 12.0. The first-order valence-electron chi connectivity index (χ1n) is 15.3. The standard InChI is InChI=1S/C17H14BrClF3N3O2.C17H13BrClF2N3O2/c1-6(2)14-15(7(3)4-5-23-14)24-17(27)25-16(26)8-9(18)12(21)10(19)13(22)11(8)20;1-6(2)13-14(7(3)4-5-22-13)24-15-8(16(25)23-17(24)26)9(18)11(20)10(19)12(15)21/h4-6H,1-3H3,(H2,24,25,26,27);4-6H,1-3H3,(H,23,25,26). The predicted molar refractivity (Wildman–Crippen MR) is 198 cm³/mol. The molecule has 0 aliphatic carbocycles. The van der Waals surface area contributed by atoms with Gasteiger partial charge in [0.15, 0.2) is 29.1 Å². The molecule has 5 rings (SSSR count). The number of nitrogens with zero attached hydrogens (tertiary/aromatic N) is 3. The fourth-order valence-corrected chi connectivity index (χ4v) is 6.86. The van der Waals surface area contributed by atoms with Gasteiger partial charge >= 0.3 is 11.7 Å². The number of fused-ring (bicyclic) bond motifs is 1. The van der Waals surface area contributed by atoms with Crippen molar-refractivity contribution >= 4 is 83.6 Å². The number of nitrogens with one attached hydrogen (secondary N) is 3. The number of amides is 3. The number of aryl methyl sites for hydroxylation is 2. The maximum Gasteiger partial charge on any atom is 0.333 e. The molecule has 280 valence electrons. The van der Waals surface area contributed by atoms with Crippen molar-refractivity contribution in [1.82, 2.24) is 24.8 Å². The van der Waals surface area contributed by atoms with Crippen LogP contribution in [0.4, 0.5) is 32.4 Å². The van der Waals surface area contributed by atoms with Crippen LogP contribution in [0.3, 0.4) is 0 Å². The Morgan fingerprint density at radius 3 is 1.91 bits per heavy atom. The summed E-state index contributed by atoms with van der Waals surface area (Å²) in [6.07, 6.45) is 3.15. The van der Waals surface area contributed by atoms with E-state index in [1.54, 1.807) is 38.4 Å². The molecule has 0 spiro atoms. The van der Waals surface area contributed by atoms with Crippen LogP contribution in [0.2, 0.25) is 10.0 Å². The van der Waals surface area contributed by atoms with Gasteiger partial charge in [0.05, 0.1) is 42.7 Å². The third-order valence-electron chi connectivity index (χ3n) is 7.68. The summed E-state index contributed by atoms with van der Waals surface area (Å²) in [5.41, 5.74) is -0.0869. The van der Waals surface area contributed by atoms with Gasteiger partial charge < -0.3 is 5.32 Å². The monoisotopic (exact) mass is 906 g/mol. The molecule has 0 aliphatic heterocycles. The number of aromatic amines is 1. The number of H-pyrrole nitrogens is 1. The number of halogens is 9. The highest BCUT2D eigenvalue weighted by Crippen LogP contribution is 2.36. The summed E-state index contributed by atoms with van der Waals surface area (Å²) in [5, 5.41) is 2.03. The molecule has 0 radical (unpaired) electrons. The summed E-state index contributed by atoms with van der Waals surface area (Å²) in [6, 6.07) is 2.30. The molecule has 3 aromatic heterocycles. The third-order valence-corrected chi connectivity index (χ3v) is 9.83. The van der Waals surface area contributed by atoms with E-state index >= 15 is 0 Å². The van der Waals surface area contributed by atoms with Crippen LogP contribution >= 0.6 is 55.1 Å². The van der Waals surface area contributed by atoms with Gasteiger partial charge in [0.25, 0.3) is 11.5 Å². The van der Waals surface area contributed by atoms with Gasteiger partial charge in [-0.3, -0.25) is 34.4 Å². The number of aromatic nitrogens is 4. The van der Waals surface area contributed by atoms with Crippen molar-refractivity contribution in [2.75, 3.05) is 5.32 Å². The highest BCUT2D eigenvalue weighted by atomic mass is 79.9. The summed E-state index contributed by atoms with van der Waals surface area (Å²) < 4.78 is 70.4. The van der Waals surface area contributed by atoms with Crippen molar-refractivity contribution in [3.05, 3.63) is 122 Å². The molecule has 3 heterocycles. The molecule has 5 aromatic rings. The molecule has 3 amide bonds. The molecule has 19 heteroatoms. The smallest absolute Gasteiger partial charge is 0.306 e. The molecule has 0 atom stereocenters. The minimum Gasteiger partial charge on any atom is -0.306 e. The highest BCUT2D eigenvalue weighted by molar-refractivity contribution is 9.11. The van der Waals surface area contributed by atoms with Crippen LogP contribution in [0.5, 0.6) is 0 Å². The quantitative estimate of drug-likeness (QED) is 0.0913. The fourth-order valence-electron chi connectivity index (χ4n) is 5.15. The number of hydrogen-bond acceptors (Lipinski definition) is 6. The van der Waals surface area contributed by atoms with Gasteiger partial charge in [-0.25, -0.2) is 31.5 Å². The van der Waals surface area contributed by atoms with E-state index in [-0.39, 0.29) is 21.7 Å². The van der Waals surface area contributed by atoms with E-state index in [1.807, 2.05) is 33.0 Å². The average molecular weight is 909 g/mol. The van der Waals surface area contributed by atoms with Gasteiger partial charge in [-0.1, -0.05) is 50.9 Å². The molecular weight excluding hydrogens is 882 g/mol. The lowest BCUT2D eigenvalue weighted by molar-refractivity contribution is 0.0960. The zero-order valence-corrected chi connectivity index (χ0v) is 33.0. The van der Waals surface area contributed by atoms with Crippen molar-refractivity contribution in [2.24, 2.45) is 0 Å².